The third-order valence-corrected chi connectivity index (χ3v) is 8.11. The van der Waals surface area contributed by atoms with E-state index in [2.05, 4.69) is 144 Å². The van der Waals surface area contributed by atoms with E-state index in [-0.39, 0.29) is 10.8 Å². The molecule has 4 aromatic rings. The second-order valence-electron chi connectivity index (χ2n) is 12.6. The summed E-state index contributed by atoms with van der Waals surface area (Å²) in [6.45, 7) is 12.3. The Labute approximate surface area is 226 Å². The highest BCUT2D eigenvalue weighted by atomic mass is 16.5. The van der Waals surface area contributed by atoms with Crippen molar-refractivity contribution in [1.82, 2.24) is 0 Å². The van der Waals surface area contributed by atoms with Gasteiger partial charge in [-0.3, -0.25) is 4.99 Å². The number of anilines is 2. The van der Waals surface area contributed by atoms with Crippen LogP contribution < -0.4 is 14.5 Å². The van der Waals surface area contributed by atoms with E-state index < -0.39 is 5.72 Å². The van der Waals surface area contributed by atoms with E-state index in [9.17, 15) is 0 Å². The van der Waals surface area contributed by atoms with E-state index in [1.807, 2.05) is 0 Å². The molecule has 6 rings (SSSR count). The number of benzene rings is 4. The Morgan fingerprint density at radius 1 is 0.868 bits per heavy atom. The van der Waals surface area contributed by atoms with Gasteiger partial charge in [0.2, 0.25) is 5.72 Å². The van der Waals surface area contributed by atoms with E-state index in [0.717, 1.165) is 28.9 Å². The van der Waals surface area contributed by atoms with Crippen LogP contribution in [0.25, 0.3) is 21.9 Å². The molecule has 38 heavy (non-hydrogen) atoms. The lowest BCUT2D eigenvalue weighted by Crippen LogP contribution is -2.63. The maximum absolute atomic E-state index is 7.24. The van der Waals surface area contributed by atoms with Crippen molar-refractivity contribution in [3.05, 3.63) is 84.4 Å². The van der Waals surface area contributed by atoms with E-state index in [0.29, 0.717) is 0 Å². The SMILES string of the molecule is CN(C)c1ccc(-c2cc3c(c4ccccc24)N=CC2(O3)N(CC(C)(C)C)c3ccccc3C2(C)C)cc1. The van der Waals surface area contributed by atoms with Crippen molar-refractivity contribution >= 4 is 34.0 Å². The van der Waals surface area contributed by atoms with Crippen LogP contribution >= 0.6 is 0 Å². The van der Waals surface area contributed by atoms with Crippen LogP contribution in [-0.2, 0) is 5.41 Å². The van der Waals surface area contributed by atoms with Crippen LogP contribution in [0, 0.1) is 5.41 Å². The summed E-state index contributed by atoms with van der Waals surface area (Å²) >= 11 is 0. The van der Waals surface area contributed by atoms with Crippen LogP contribution in [-0.4, -0.2) is 32.6 Å². The third kappa shape index (κ3) is 3.61. The molecule has 194 valence electrons. The Morgan fingerprint density at radius 3 is 2.21 bits per heavy atom. The van der Waals surface area contributed by atoms with Gasteiger partial charge >= 0.3 is 0 Å². The number of ether oxygens (including phenoxy) is 1. The summed E-state index contributed by atoms with van der Waals surface area (Å²) in [6, 6.07) is 28.2. The number of hydrogen-bond donors (Lipinski definition) is 0. The Morgan fingerprint density at radius 2 is 1.53 bits per heavy atom. The molecule has 0 saturated carbocycles. The molecule has 1 spiro atoms. The normalized spacial score (nSPS) is 19.4. The molecule has 0 N–H and O–H groups in total. The molecule has 0 bridgehead atoms. The molecule has 0 saturated heterocycles. The summed E-state index contributed by atoms with van der Waals surface area (Å²) in [6.07, 6.45) is 2.07. The second kappa shape index (κ2) is 8.36. The van der Waals surface area contributed by atoms with Crippen LogP contribution in [0.15, 0.2) is 83.9 Å². The molecule has 0 fully saturated rings. The van der Waals surface area contributed by atoms with E-state index in [1.165, 1.54) is 27.9 Å². The smallest absolute Gasteiger partial charge is 0.228 e. The van der Waals surface area contributed by atoms with E-state index in [4.69, 9.17) is 9.73 Å². The summed E-state index contributed by atoms with van der Waals surface area (Å²) in [5, 5.41) is 2.29. The first-order chi connectivity index (χ1) is 18.0. The molecule has 4 heteroatoms. The number of hydrogen-bond acceptors (Lipinski definition) is 4. The molecule has 0 aromatic heterocycles. The van der Waals surface area contributed by atoms with Gasteiger partial charge in [0.25, 0.3) is 0 Å². The number of rotatable bonds is 3. The number of aliphatic imine (C=N–C) groups is 1. The first-order valence-electron chi connectivity index (χ1n) is 13.5. The molecule has 1 unspecified atom stereocenters. The van der Waals surface area contributed by atoms with E-state index in [1.54, 1.807) is 0 Å². The molecular weight excluding hydrogens is 466 g/mol. The van der Waals surface area contributed by atoms with Gasteiger partial charge < -0.3 is 14.5 Å². The third-order valence-electron chi connectivity index (χ3n) is 8.11. The lowest BCUT2D eigenvalue weighted by atomic mass is 9.77. The molecule has 2 aliphatic heterocycles. The minimum absolute atomic E-state index is 0.0702. The maximum atomic E-state index is 7.24. The van der Waals surface area contributed by atoms with Crippen LogP contribution in [0.2, 0.25) is 0 Å². The summed E-state index contributed by atoms with van der Waals surface area (Å²) in [5.41, 5.74) is 5.96. The molecule has 0 aliphatic carbocycles. The van der Waals surface area contributed by atoms with Crippen molar-refractivity contribution in [2.45, 2.75) is 45.8 Å². The molecule has 2 heterocycles. The first-order valence-corrected chi connectivity index (χ1v) is 13.5. The van der Waals surface area contributed by atoms with Crippen LogP contribution in [0.1, 0.15) is 40.2 Å². The largest absolute Gasteiger partial charge is 0.459 e. The highest BCUT2D eigenvalue weighted by molar-refractivity contribution is 6.07. The second-order valence-corrected chi connectivity index (χ2v) is 12.6. The van der Waals surface area contributed by atoms with Crippen molar-refractivity contribution < 1.29 is 4.74 Å². The van der Waals surface area contributed by atoms with Crippen LogP contribution in [0.5, 0.6) is 5.75 Å². The maximum Gasteiger partial charge on any atom is 0.228 e. The lowest BCUT2D eigenvalue weighted by Gasteiger charge is -2.48. The molecular formula is C34H37N3O. The molecule has 0 amide bonds. The standard InChI is InChI=1S/C34H37N3O/c1-32(2,3)22-37-29-15-11-10-14-28(29)33(4,5)34(37)21-35-31-26-13-9-8-12-25(26)27(20-30(31)38-34)23-16-18-24(19-17-23)36(6)7/h8-21H,22H2,1-7H3. The van der Waals surface area contributed by atoms with Gasteiger partial charge in [-0.05, 0) is 65.6 Å². The Balaban J connectivity index is 1.55. The topological polar surface area (TPSA) is 28.1 Å². The summed E-state index contributed by atoms with van der Waals surface area (Å²) in [5.74, 6) is 0.831. The first kappa shape index (κ1) is 24.5. The van der Waals surface area contributed by atoms with Gasteiger partial charge in [0.15, 0.2) is 0 Å². The van der Waals surface area contributed by atoms with Crippen LogP contribution in [0.4, 0.5) is 17.1 Å². The average molecular weight is 504 g/mol. The minimum Gasteiger partial charge on any atom is -0.459 e. The molecule has 1 atom stereocenters. The van der Waals surface area contributed by atoms with Crippen LogP contribution in [0.3, 0.4) is 0 Å². The van der Waals surface area contributed by atoms with Gasteiger partial charge in [-0.2, -0.15) is 0 Å². The molecule has 4 aromatic carbocycles. The Hall–Kier alpha value is -3.79. The van der Waals surface area contributed by atoms with Crippen molar-refractivity contribution in [2.24, 2.45) is 10.4 Å². The number of nitrogens with zero attached hydrogens (tertiary/aromatic N) is 3. The highest BCUT2D eigenvalue weighted by Crippen LogP contribution is 2.56. The lowest BCUT2D eigenvalue weighted by molar-refractivity contribution is 0.0717. The van der Waals surface area contributed by atoms with Gasteiger partial charge in [0, 0.05) is 37.4 Å². The van der Waals surface area contributed by atoms with Gasteiger partial charge in [0.1, 0.15) is 11.4 Å². The summed E-state index contributed by atoms with van der Waals surface area (Å²) in [4.78, 5) is 9.75. The van der Waals surface area contributed by atoms with Crippen molar-refractivity contribution in [1.29, 1.82) is 0 Å². The fourth-order valence-electron chi connectivity index (χ4n) is 6.11. The molecule has 0 radical (unpaired) electrons. The number of para-hydroxylation sites is 1. The average Bonchev–Trinajstić information content (AvgIpc) is 3.06. The van der Waals surface area contributed by atoms with Crippen molar-refractivity contribution in [2.75, 3.05) is 30.4 Å². The zero-order valence-electron chi connectivity index (χ0n) is 23.5. The van der Waals surface area contributed by atoms with Crippen molar-refractivity contribution in [3.8, 4) is 16.9 Å². The fraction of sp³-hybridized carbons (Fsp3) is 0.324. The van der Waals surface area contributed by atoms with E-state index >= 15 is 0 Å². The molecule has 4 nitrogen and oxygen atoms in total. The monoisotopic (exact) mass is 503 g/mol. The molecule has 2 aliphatic rings. The zero-order chi connectivity index (χ0) is 26.9. The zero-order valence-corrected chi connectivity index (χ0v) is 23.5. The Kier molecular flexibility index (Phi) is 5.40. The minimum atomic E-state index is -0.731. The van der Waals surface area contributed by atoms with Gasteiger partial charge in [-0.15, -0.1) is 0 Å². The van der Waals surface area contributed by atoms with Gasteiger partial charge in [0.05, 0.1) is 11.6 Å². The van der Waals surface area contributed by atoms with Crippen molar-refractivity contribution in [3.63, 3.8) is 0 Å². The predicted octanol–water partition coefficient (Wildman–Crippen LogP) is 8.21. The van der Waals surface area contributed by atoms with Gasteiger partial charge in [-0.25, -0.2) is 0 Å². The predicted molar refractivity (Wildman–Crippen MR) is 161 cm³/mol. The highest BCUT2D eigenvalue weighted by Gasteiger charge is 2.60. The Bertz CT molecular complexity index is 1560. The van der Waals surface area contributed by atoms with Gasteiger partial charge in [-0.1, -0.05) is 75.4 Å². The summed E-state index contributed by atoms with van der Waals surface area (Å²) in [7, 11) is 4.14. The fourth-order valence-corrected chi connectivity index (χ4v) is 6.11. The summed E-state index contributed by atoms with van der Waals surface area (Å²) < 4.78 is 7.24. The number of fused-ring (bicyclic) bond motifs is 4. The quantitative estimate of drug-likeness (QED) is 0.282.